The number of guanidine groups is 1. The summed E-state index contributed by atoms with van der Waals surface area (Å²) in [6, 6.07) is 6.21. The number of nitrogens with zero attached hydrogens (tertiary/aromatic N) is 1. The molecule has 0 unspecified atom stereocenters. The van der Waals surface area contributed by atoms with Crippen molar-refractivity contribution < 1.29 is 4.74 Å². The fourth-order valence-electron chi connectivity index (χ4n) is 1.67. The van der Waals surface area contributed by atoms with Crippen LogP contribution in [0.15, 0.2) is 23.2 Å². The highest BCUT2D eigenvalue weighted by Crippen LogP contribution is 2.19. The lowest BCUT2D eigenvalue weighted by molar-refractivity contribution is 0.408. The molecule has 0 saturated heterocycles. The Labute approximate surface area is 143 Å². The van der Waals surface area contributed by atoms with Crippen molar-refractivity contribution >= 4 is 41.7 Å². The first kappa shape index (κ1) is 19.4. The van der Waals surface area contributed by atoms with Gasteiger partial charge in [0.05, 0.1) is 7.11 Å². The Balaban J connectivity index is 0.00000361. The van der Waals surface area contributed by atoms with Gasteiger partial charge in [-0.1, -0.05) is 12.1 Å². The molecule has 0 radical (unpaired) electrons. The lowest BCUT2D eigenvalue weighted by Crippen LogP contribution is -2.38. The maximum Gasteiger partial charge on any atom is 0.191 e. The van der Waals surface area contributed by atoms with Gasteiger partial charge in [0.25, 0.3) is 0 Å². The Bertz CT molecular complexity index is 427. The Morgan fingerprint density at radius 1 is 1.35 bits per heavy atom. The fourth-order valence-corrected chi connectivity index (χ4v) is 1.98. The summed E-state index contributed by atoms with van der Waals surface area (Å²) in [5.74, 6) is 2.79. The summed E-state index contributed by atoms with van der Waals surface area (Å²) >= 11 is 1.81. The van der Waals surface area contributed by atoms with Crippen LogP contribution in [0.4, 0.5) is 0 Å². The monoisotopic (exact) mass is 409 g/mol. The van der Waals surface area contributed by atoms with Crippen molar-refractivity contribution in [1.29, 1.82) is 0 Å². The minimum absolute atomic E-state index is 0. The van der Waals surface area contributed by atoms with Gasteiger partial charge in [0.1, 0.15) is 5.75 Å². The minimum atomic E-state index is 0. The Hall–Kier alpha value is -0.630. The number of thioether (sulfide) groups is 1. The average molecular weight is 409 g/mol. The van der Waals surface area contributed by atoms with Crippen molar-refractivity contribution in [1.82, 2.24) is 10.6 Å². The third kappa shape index (κ3) is 6.69. The molecule has 0 aromatic heterocycles. The lowest BCUT2D eigenvalue weighted by atomic mass is 10.1. The van der Waals surface area contributed by atoms with E-state index in [0.29, 0.717) is 6.54 Å². The molecule has 0 heterocycles. The molecule has 0 fully saturated rings. The van der Waals surface area contributed by atoms with Gasteiger partial charge in [0.2, 0.25) is 0 Å². The number of aliphatic imine (C=N–C) groups is 1. The third-order valence-corrected chi connectivity index (χ3v) is 3.32. The first-order valence-corrected chi connectivity index (χ1v) is 7.67. The van der Waals surface area contributed by atoms with E-state index in [4.69, 9.17) is 4.74 Å². The second kappa shape index (κ2) is 11.1. The van der Waals surface area contributed by atoms with Crippen LogP contribution < -0.4 is 15.4 Å². The second-order valence-corrected chi connectivity index (χ2v) is 5.15. The summed E-state index contributed by atoms with van der Waals surface area (Å²) in [5.41, 5.74) is 2.32. The molecule has 0 atom stereocenters. The number of aryl methyl sites for hydroxylation is 1. The van der Waals surface area contributed by atoms with Gasteiger partial charge in [-0.2, -0.15) is 11.8 Å². The minimum Gasteiger partial charge on any atom is -0.496 e. The van der Waals surface area contributed by atoms with Crippen molar-refractivity contribution in [3.63, 3.8) is 0 Å². The zero-order valence-electron chi connectivity index (χ0n) is 12.5. The average Bonchev–Trinajstić information content (AvgIpc) is 2.43. The Kier molecular flexibility index (Phi) is 10.7. The molecule has 6 heteroatoms. The summed E-state index contributed by atoms with van der Waals surface area (Å²) in [7, 11) is 3.48. The Morgan fingerprint density at radius 3 is 2.70 bits per heavy atom. The van der Waals surface area contributed by atoms with E-state index in [9.17, 15) is 0 Å². The molecular formula is C14H24IN3OS. The smallest absolute Gasteiger partial charge is 0.191 e. The van der Waals surface area contributed by atoms with Crippen LogP contribution in [0.2, 0.25) is 0 Å². The van der Waals surface area contributed by atoms with Gasteiger partial charge in [-0.25, -0.2) is 0 Å². The fraction of sp³-hybridized carbons (Fsp3) is 0.500. The molecular weight excluding hydrogens is 385 g/mol. The largest absolute Gasteiger partial charge is 0.496 e. The van der Waals surface area contributed by atoms with Crippen LogP contribution in [-0.4, -0.2) is 38.7 Å². The molecule has 1 aromatic rings. The van der Waals surface area contributed by atoms with E-state index in [2.05, 4.69) is 40.9 Å². The van der Waals surface area contributed by atoms with E-state index in [1.807, 2.05) is 17.8 Å². The normalized spacial score (nSPS) is 10.7. The predicted octanol–water partition coefficient (Wildman–Crippen LogP) is 2.65. The Morgan fingerprint density at radius 2 is 2.10 bits per heavy atom. The van der Waals surface area contributed by atoms with E-state index in [-0.39, 0.29) is 24.0 Å². The summed E-state index contributed by atoms with van der Waals surface area (Å²) in [6.45, 7) is 3.66. The van der Waals surface area contributed by atoms with E-state index in [1.54, 1.807) is 14.2 Å². The van der Waals surface area contributed by atoms with Crippen molar-refractivity contribution in [2.24, 2.45) is 4.99 Å². The van der Waals surface area contributed by atoms with Crippen molar-refractivity contribution in [3.05, 3.63) is 29.3 Å². The van der Waals surface area contributed by atoms with E-state index in [1.165, 1.54) is 5.56 Å². The van der Waals surface area contributed by atoms with Crippen LogP contribution in [0.25, 0.3) is 0 Å². The van der Waals surface area contributed by atoms with Crippen LogP contribution >= 0.6 is 35.7 Å². The van der Waals surface area contributed by atoms with Crippen molar-refractivity contribution in [2.75, 3.05) is 32.7 Å². The number of halogens is 1. The third-order valence-electron chi connectivity index (χ3n) is 2.71. The summed E-state index contributed by atoms with van der Waals surface area (Å²) < 4.78 is 5.39. The van der Waals surface area contributed by atoms with E-state index in [0.717, 1.165) is 29.6 Å². The molecule has 20 heavy (non-hydrogen) atoms. The molecule has 0 aliphatic carbocycles. The highest BCUT2D eigenvalue weighted by atomic mass is 127. The topological polar surface area (TPSA) is 45.7 Å². The van der Waals surface area contributed by atoms with Crippen LogP contribution in [-0.2, 0) is 6.54 Å². The number of hydrogen-bond acceptors (Lipinski definition) is 3. The van der Waals surface area contributed by atoms with Crippen LogP contribution in [0.1, 0.15) is 11.1 Å². The lowest BCUT2D eigenvalue weighted by Gasteiger charge is -2.14. The molecule has 4 nitrogen and oxygen atoms in total. The molecule has 114 valence electrons. The van der Waals surface area contributed by atoms with Gasteiger partial charge in [-0.05, 0) is 24.8 Å². The predicted molar refractivity (Wildman–Crippen MR) is 99.7 cm³/mol. The van der Waals surface area contributed by atoms with Crippen LogP contribution in [0.5, 0.6) is 5.75 Å². The first-order chi connectivity index (χ1) is 9.21. The summed E-state index contributed by atoms with van der Waals surface area (Å²) in [4.78, 5) is 4.19. The van der Waals surface area contributed by atoms with Gasteiger partial charge in [-0.15, -0.1) is 24.0 Å². The SMILES string of the molecule is CN=C(NCCSC)NCc1ccc(C)cc1OC.I. The van der Waals surface area contributed by atoms with E-state index >= 15 is 0 Å². The molecule has 0 aliphatic rings. The number of ether oxygens (including phenoxy) is 1. The zero-order chi connectivity index (χ0) is 14.1. The zero-order valence-corrected chi connectivity index (χ0v) is 15.7. The number of rotatable bonds is 6. The molecule has 0 amide bonds. The van der Waals surface area contributed by atoms with Gasteiger partial charge in [-0.3, -0.25) is 4.99 Å². The van der Waals surface area contributed by atoms with Crippen LogP contribution in [0, 0.1) is 6.92 Å². The van der Waals surface area contributed by atoms with Gasteiger partial charge >= 0.3 is 0 Å². The number of hydrogen-bond donors (Lipinski definition) is 2. The number of nitrogens with one attached hydrogen (secondary N) is 2. The number of methoxy groups -OCH3 is 1. The summed E-state index contributed by atoms with van der Waals surface area (Å²) in [6.07, 6.45) is 2.09. The maximum atomic E-state index is 5.39. The molecule has 1 aromatic carbocycles. The van der Waals surface area contributed by atoms with E-state index < -0.39 is 0 Å². The first-order valence-electron chi connectivity index (χ1n) is 6.28. The second-order valence-electron chi connectivity index (χ2n) is 4.16. The molecule has 0 bridgehead atoms. The highest BCUT2D eigenvalue weighted by molar-refractivity contribution is 14.0. The quantitative estimate of drug-likeness (QED) is 0.328. The van der Waals surface area contributed by atoms with Gasteiger partial charge in [0, 0.05) is 31.5 Å². The van der Waals surface area contributed by atoms with Gasteiger partial charge in [0.15, 0.2) is 5.96 Å². The molecule has 2 N–H and O–H groups in total. The van der Waals surface area contributed by atoms with Crippen molar-refractivity contribution in [2.45, 2.75) is 13.5 Å². The van der Waals surface area contributed by atoms with Crippen molar-refractivity contribution in [3.8, 4) is 5.75 Å². The standard InChI is InChI=1S/C14H23N3OS.HI/c1-11-5-6-12(13(9-11)18-3)10-17-14(15-2)16-7-8-19-4;/h5-6,9H,7-8,10H2,1-4H3,(H2,15,16,17);1H. The maximum absolute atomic E-state index is 5.39. The molecule has 0 saturated carbocycles. The summed E-state index contributed by atoms with van der Waals surface area (Å²) in [5, 5.41) is 6.56. The molecule has 0 aliphatic heterocycles. The van der Waals surface area contributed by atoms with Crippen LogP contribution in [0.3, 0.4) is 0 Å². The molecule has 0 spiro atoms. The van der Waals surface area contributed by atoms with Gasteiger partial charge < -0.3 is 15.4 Å². The highest BCUT2D eigenvalue weighted by Gasteiger charge is 2.04. The number of benzene rings is 1. The molecule has 1 rings (SSSR count).